The number of nitriles is 1. The van der Waals surface area contributed by atoms with Crippen molar-refractivity contribution in [2.75, 3.05) is 5.32 Å². The van der Waals surface area contributed by atoms with E-state index in [2.05, 4.69) is 23.6 Å². The molecule has 4 aliphatic rings. The second kappa shape index (κ2) is 7.28. The highest BCUT2D eigenvalue weighted by molar-refractivity contribution is 5.97. The maximum Gasteiger partial charge on any atom is 0.263 e. The molecule has 148 valence electrons. The van der Waals surface area contributed by atoms with Crippen LogP contribution in [0.1, 0.15) is 56.6 Å². The fourth-order valence-corrected chi connectivity index (χ4v) is 6.47. The summed E-state index contributed by atoms with van der Waals surface area (Å²) in [6, 6.07) is 8.23. The number of amides is 1. The molecule has 4 aliphatic carbocycles. The van der Waals surface area contributed by atoms with Crippen molar-refractivity contribution < 1.29 is 4.79 Å². The first kappa shape index (κ1) is 19.1. The average molecular weight is 378 g/mol. The Kier molecular flexibility index (Phi) is 4.95. The molecule has 1 aromatic carbocycles. The van der Waals surface area contributed by atoms with Crippen molar-refractivity contribution in [3.05, 3.63) is 41.1 Å². The number of nitrogens with zero attached hydrogens (tertiary/aromatic N) is 1. The van der Waals surface area contributed by atoms with Crippen LogP contribution in [0.2, 0.25) is 0 Å². The highest BCUT2D eigenvalue weighted by Crippen LogP contribution is 2.61. The second-order valence-corrected chi connectivity index (χ2v) is 9.56. The van der Waals surface area contributed by atoms with E-state index in [4.69, 9.17) is 0 Å². The number of benzene rings is 1. The number of rotatable bonds is 5. The van der Waals surface area contributed by atoms with Crippen LogP contribution in [-0.2, 0) is 4.79 Å². The lowest BCUT2D eigenvalue weighted by atomic mass is 9.48. The van der Waals surface area contributed by atoms with Crippen LogP contribution in [0.4, 0.5) is 5.69 Å². The van der Waals surface area contributed by atoms with E-state index in [9.17, 15) is 10.1 Å². The van der Waals surface area contributed by atoms with Gasteiger partial charge in [-0.2, -0.15) is 5.26 Å². The van der Waals surface area contributed by atoms with Crippen molar-refractivity contribution >= 4 is 11.6 Å². The van der Waals surface area contributed by atoms with Crippen LogP contribution in [0, 0.1) is 48.3 Å². The van der Waals surface area contributed by atoms with Gasteiger partial charge in [-0.3, -0.25) is 4.79 Å². The number of hydrogen-bond acceptors (Lipinski definition) is 3. The van der Waals surface area contributed by atoms with E-state index in [-0.39, 0.29) is 22.9 Å². The number of para-hydroxylation sites is 1. The minimum absolute atomic E-state index is 0.116. The maximum atomic E-state index is 12.8. The van der Waals surface area contributed by atoms with Gasteiger partial charge in [0.2, 0.25) is 0 Å². The normalized spacial score (nSPS) is 31.9. The van der Waals surface area contributed by atoms with Gasteiger partial charge in [0.1, 0.15) is 11.6 Å². The lowest BCUT2D eigenvalue weighted by molar-refractivity contribution is -0.122. The molecule has 1 amide bonds. The highest BCUT2D eigenvalue weighted by atomic mass is 16.1. The first-order valence-corrected chi connectivity index (χ1v) is 10.6. The van der Waals surface area contributed by atoms with E-state index in [1.165, 1.54) is 38.5 Å². The van der Waals surface area contributed by atoms with E-state index < -0.39 is 0 Å². The molecule has 4 fully saturated rings. The zero-order chi connectivity index (χ0) is 19.9. The smallest absolute Gasteiger partial charge is 0.263 e. The zero-order valence-electron chi connectivity index (χ0n) is 17.2. The number of aryl methyl sites for hydroxylation is 2. The summed E-state index contributed by atoms with van der Waals surface area (Å²) < 4.78 is 0. The van der Waals surface area contributed by atoms with Crippen LogP contribution >= 0.6 is 0 Å². The van der Waals surface area contributed by atoms with Crippen molar-refractivity contribution in [2.45, 2.75) is 65.3 Å². The van der Waals surface area contributed by atoms with Gasteiger partial charge in [0, 0.05) is 17.9 Å². The Balaban J connectivity index is 1.45. The highest BCUT2D eigenvalue weighted by Gasteiger charge is 2.53. The molecule has 1 unspecified atom stereocenters. The molecule has 4 bridgehead atoms. The standard InChI is InChI=1S/C24H31N3O/c1-15-5-4-6-16(2)22(15)26-14-21(13-25)23(28)27-17(3)24-10-18-7-19(11-24)9-20(8-18)12-24/h4-6,14,17-20,26H,7-12H2,1-3H3,(H,27,28)/b21-14-. The van der Waals surface area contributed by atoms with Gasteiger partial charge < -0.3 is 10.6 Å². The quantitative estimate of drug-likeness (QED) is 0.570. The molecule has 0 spiro atoms. The predicted molar refractivity (Wildman–Crippen MR) is 111 cm³/mol. The first-order valence-electron chi connectivity index (χ1n) is 10.6. The summed E-state index contributed by atoms with van der Waals surface area (Å²) in [5.74, 6) is 2.29. The van der Waals surface area contributed by atoms with Gasteiger partial charge in [0.25, 0.3) is 5.91 Å². The van der Waals surface area contributed by atoms with Crippen molar-refractivity contribution in [1.82, 2.24) is 5.32 Å². The molecule has 0 saturated heterocycles. The van der Waals surface area contributed by atoms with Gasteiger partial charge in [-0.1, -0.05) is 18.2 Å². The van der Waals surface area contributed by atoms with Crippen molar-refractivity contribution in [2.24, 2.45) is 23.2 Å². The molecule has 2 N–H and O–H groups in total. The molecule has 4 nitrogen and oxygen atoms in total. The summed E-state index contributed by atoms with van der Waals surface area (Å²) in [6.45, 7) is 6.19. The zero-order valence-corrected chi connectivity index (χ0v) is 17.2. The molecular formula is C24H31N3O. The van der Waals surface area contributed by atoms with E-state index in [0.717, 1.165) is 34.6 Å². The van der Waals surface area contributed by atoms with Crippen molar-refractivity contribution in [3.8, 4) is 6.07 Å². The molecule has 0 aliphatic heterocycles. The number of anilines is 1. The van der Waals surface area contributed by atoms with Gasteiger partial charge in [0.05, 0.1) is 0 Å². The molecule has 5 rings (SSSR count). The summed E-state index contributed by atoms with van der Waals surface area (Å²) in [5, 5.41) is 15.9. The van der Waals surface area contributed by atoms with E-state index in [1.807, 2.05) is 32.0 Å². The summed E-state index contributed by atoms with van der Waals surface area (Å²) in [7, 11) is 0. The molecule has 4 heteroatoms. The fraction of sp³-hybridized carbons (Fsp3) is 0.583. The van der Waals surface area contributed by atoms with Crippen LogP contribution in [-0.4, -0.2) is 11.9 Å². The Morgan fingerprint density at radius 2 is 1.68 bits per heavy atom. The van der Waals surface area contributed by atoms with Crippen LogP contribution in [0.3, 0.4) is 0 Å². The number of carbonyl (C=O) groups is 1. The summed E-state index contributed by atoms with van der Waals surface area (Å²) in [4.78, 5) is 12.8. The average Bonchev–Trinajstić information content (AvgIpc) is 2.63. The molecule has 0 radical (unpaired) electrons. The fourth-order valence-electron chi connectivity index (χ4n) is 6.47. The summed E-state index contributed by atoms with van der Waals surface area (Å²) in [5.41, 5.74) is 3.52. The lowest BCUT2D eigenvalue weighted by Gasteiger charge is -2.59. The molecule has 1 atom stereocenters. The molecule has 1 aromatic rings. The van der Waals surface area contributed by atoms with E-state index >= 15 is 0 Å². The van der Waals surface area contributed by atoms with Crippen LogP contribution in [0.5, 0.6) is 0 Å². The number of hydrogen-bond donors (Lipinski definition) is 2. The lowest BCUT2D eigenvalue weighted by Crippen LogP contribution is -2.56. The van der Waals surface area contributed by atoms with Gasteiger partial charge in [0.15, 0.2) is 0 Å². The minimum atomic E-state index is -0.260. The van der Waals surface area contributed by atoms with Crippen molar-refractivity contribution in [1.29, 1.82) is 5.26 Å². The monoisotopic (exact) mass is 377 g/mol. The minimum Gasteiger partial charge on any atom is -0.360 e. The predicted octanol–water partition coefficient (Wildman–Crippen LogP) is 4.84. The Morgan fingerprint density at radius 1 is 1.14 bits per heavy atom. The largest absolute Gasteiger partial charge is 0.360 e. The third kappa shape index (κ3) is 3.43. The summed E-state index contributed by atoms with van der Waals surface area (Å²) >= 11 is 0. The Bertz CT molecular complexity index is 792. The van der Waals surface area contributed by atoms with Gasteiger partial charge in [-0.05, 0) is 93.6 Å². The third-order valence-electron chi connectivity index (χ3n) is 7.56. The van der Waals surface area contributed by atoms with Gasteiger partial charge >= 0.3 is 0 Å². The molecule has 4 saturated carbocycles. The van der Waals surface area contributed by atoms with Crippen molar-refractivity contribution in [3.63, 3.8) is 0 Å². The topological polar surface area (TPSA) is 64.9 Å². The van der Waals surface area contributed by atoms with Crippen LogP contribution in [0.15, 0.2) is 30.0 Å². The van der Waals surface area contributed by atoms with E-state index in [1.54, 1.807) is 6.20 Å². The third-order valence-corrected chi connectivity index (χ3v) is 7.56. The number of nitrogens with one attached hydrogen (secondary N) is 2. The summed E-state index contributed by atoms with van der Waals surface area (Å²) in [6.07, 6.45) is 9.46. The molecule has 0 aromatic heterocycles. The SMILES string of the molecule is Cc1cccc(C)c1N/C=C(/C#N)C(=O)NC(C)C12CC3CC(CC(C3)C1)C2. The van der Waals surface area contributed by atoms with E-state index in [0.29, 0.717) is 0 Å². The van der Waals surface area contributed by atoms with Crippen LogP contribution in [0.25, 0.3) is 0 Å². The number of carbonyl (C=O) groups excluding carboxylic acids is 1. The Hall–Kier alpha value is -2.28. The first-order chi connectivity index (χ1) is 13.4. The Morgan fingerprint density at radius 3 is 2.18 bits per heavy atom. The molecule has 28 heavy (non-hydrogen) atoms. The van der Waals surface area contributed by atoms with Gasteiger partial charge in [-0.25, -0.2) is 0 Å². The second-order valence-electron chi connectivity index (χ2n) is 9.56. The molecule has 0 heterocycles. The Labute approximate surface area is 168 Å². The van der Waals surface area contributed by atoms with Gasteiger partial charge in [-0.15, -0.1) is 0 Å². The van der Waals surface area contributed by atoms with Crippen LogP contribution < -0.4 is 10.6 Å². The maximum absolute atomic E-state index is 12.8. The molecular weight excluding hydrogens is 346 g/mol.